The number of benzene rings is 2. The number of H-pyrrole nitrogens is 1. The van der Waals surface area contributed by atoms with E-state index in [-0.39, 0.29) is 19.0 Å². The lowest BCUT2D eigenvalue weighted by atomic mass is 10.2. The first-order chi connectivity index (χ1) is 22.2. The van der Waals surface area contributed by atoms with E-state index < -0.39 is 5.60 Å². The molecule has 11 heteroatoms. The van der Waals surface area contributed by atoms with E-state index in [4.69, 9.17) is 20.2 Å². The SMILES string of the molecule is CCCCc1[nH]c2c(N)nc3ccccc3c2[n+]1CCCCN=C(NCCOCCC(=O)OC(C)(C)C)Nc1cccc(C#N)c1. The number of rotatable bonds is 15. The zero-order valence-corrected chi connectivity index (χ0v) is 27.5. The second-order valence-corrected chi connectivity index (χ2v) is 12.2. The average molecular weight is 628 g/mol. The van der Waals surface area contributed by atoms with Crippen LogP contribution < -0.4 is 20.9 Å². The molecule has 244 valence electrons. The first-order valence-corrected chi connectivity index (χ1v) is 16.1. The number of unbranched alkanes of at least 4 members (excludes halogenated alkanes) is 2. The van der Waals surface area contributed by atoms with Crippen molar-refractivity contribution in [3.05, 3.63) is 59.9 Å². The number of nitrogens with one attached hydrogen (secondary N) is 3. The minimum absolute atomic E-state index is 0.199. The molecule has 0 atom stereocenters. The third-order valence-electron chi connectivity index (χ3n) is 7.25. The number of carbonyl (C=O) groups excluding carboxylic acids is 1. The molecule has 0 aliphatic rings. The average Bonchev–Trinajstić information content (AvgIpc) is 3.39. The van der Waals surface area contributed by atoms with E-state index in [1.165, 1.54) is 5.82 Å². The summed E-state index contributed by atoms with van der Waals surface area (Å²) in [5.74, 6) is 2.00. The number of aliphatic imine (C=N–C) groups is 1. The normalized spacial score (nSPS) is 11.9. The molecule has 4 aromatic rings. The molecule has 0 fully saturated rings. The molecule has 0 unspecified atom stereocenters. The summed E-state index contributed by atoms with van der Waals surface area (Å²) in [4.78, 5) is 24.9. The summed E-state index contributed by atoms with van der Waals surface area (Å²) in [6.07, 6.45) is 5.11. The fourth-order valence-electron chi connectivity index (χ4n) is 5.16. The number of aryl methyl sites for hydroxylation is 2. The number of imidazole rings is 1. The van der Waals surface area contributed by atoms with E-state index in [0.29, 0.717) is 37.0 Å². The molecule has 2 aromatic carbocycles. The summed E-state index contributed by atoms with van der Waals surface area (Å²) in [6.45, 7) is 10.3. The minimum Gasteiger partial charge on any atom is -0.460 e. The first-order valence-electron chi connectivity index (χ1n) is 16.1. The van der Waals surface area contributed by atoms with Crippen LogP contribution in [0.4, 0.5) is 11.5 Å². The number of carbonyl (C=O) groups is 1. The molecule has 11 nitrogen and oxygen atoms in total. The van der Waals surface area contributed by atoms with Crippen LogP contribution >= 0.6 is 0 Å². The smallest absolute Gasteiger partial charge is 0.308 e. The molecule has 46 heavy (non-hydrogen) atoms. The number of nitrogens with zero attached hydrogens (tertiary/aromatic N) is 4. The van der Waals surface area contributed by atoms with E-state index in [1.807, 2.05) is 51.1 Å². The van der Waals surface area contributed by atoms with Crippen molar-refractivity contribution in [2.75, 3.05) is 37.4 Å². The van der Waals surface area contributed by atoms with Crippen molar-refractivity contribution in [3.8, 4) is 6.07 Å². The molecular formula is C35H47N8O3+. The van der Waals surface area contributed by atoms with E-state index in [0.717, 1.165) is 66.3 Å². The van der Waals surface area contributed by atoms with Crippen molar-refractivity contribution in [1.29, 1.82) is 5.26 Å². The predicted octanol–water partition coefficient (Wildman–Crippen LogP) is 5.39. The number of para-hydroxylation sites is 1. The number of anilines is 2. The van der Waals surface area contributed by atoms with Crippen LogP contribution in [-0.4, -0.2) is 53.8 Å². The molecule has 0 bridgehead atoms. The maximum atomic E-state index is 11.9. The van der Waals surface area contributed by atoms with Gasteiger partial charge in [0.15, 0.2) is 17.3 Å². The van der Waals surface area contributed by atoms with Crippen molar-refractivity contribution < 1.29 is 18.8 Å². The molecule has 4 rings (SSSR count). The van der Waals surface area contributed by atoms with Crippen molar-refractivity contribution in [3.63, 3.8) is 0 Å². The van der Waals surface area contributed by atoms with Gasteiger partial charge in [0.2, 0.25) is 5.52 Å². The van der Waals surface area contributed by atoms with Gasteiger partial charge in [0.1, 0.15) is 5.60 Å². The monoisotopic (exact) mass is 627 g/mol. The van der Waals surface area contributed by atoms with Crippen molar-refractivity contribution in [1.82, 2.24) is 15.3 Å². The Bertz CT molecular complexity index is 1680. The molecule has 0 aliphatic carbocycles. The lowest BCUT2D eigenvalue weighted by Gasteiger charge is -2.19. The van der Waals surface area contributed by atoms with Crippen LogP contribution in [0.1, 0.15) is 71.2 Å². The number of guanidine groups is 1. The molecule has 2 heterocycles. The number of aromatic amines is 1. The zero-order valence-electron chi connectivity index (χ0n) is 27.5. The zero-order chi connectivity index (χ0) is 32.9. The maximum Gasteiger partial charge on any atom is 0.308 e. The number of ether oxygens (including phenoxy) is 2. The van der Waals surface area contributed by atoms with E-state index >= 15 is 0 Å². The summed E-state index contributed by atoms with van der Waals surface area (Å²) < 4.78 is 13.3. The van der Waals surface area contributed by atoms with Gasteiger partial charge in [-0.05, 0) is 70.4 Å². The van der Waals surface area contributed by atoms with Crippen LogP contribution in [0, 0.1) is 11.3 Å². The molecule has 0 radical (unpaired) electrons. The van der Waals surface area contributed by atoms with Gasteiger partial charge in [-0.3, -0.25) is 9.79 Å². The Labute approximate surface area is 271 Å². The van der Waals surface area contributed by atoms with Gasteiger partial charge in [-0.2, -0.15) is 5.26 Å². The van der Waals surface area contributed by atoms with E-state index in [2.05, 4.69) is 44.2 Å². The van der Waals surface area contributed by atoms with Crippen LogP contribution in [0.3, 0.4) is 0 Å². The molecule has 0 spiro atoms. The van der Waals surface area contributed by atoms with Gasteiger partial charge >= 0.3 is 5.97 Å². The number of fused-ring (bicyclic) bond motifs is 3. The van der Waals surface area contributed by atoms with Crippen LogP contribution in [0.25, 0.3) is 21.9 Å². The number of nitriles is 1. The fourth-order valence-corrected chi connectivity index (χ4v) is 5.16. The summed E-state index contributed by atoms with van der Waals surface area (Å²) in [7, 11) is 0. The highest BCUT2D eigenvalue weighted by molar-refractivity contribution is 6.04. The number of esters is 1. The summed E-state index contributed by atoms with van der Waals surface area (Å²) in [5, 5.41) is 17.0. The van der Waals surface area contributed by atoms with Gasteiger partial charge in [-0.25, -0.2) is 14.5 Å². The molecule has 0 amide bonds. The highest BCUT2D eigenvalue weighted by atomic mass is 16.6. The lowest BCUT2D eigenvalue weighted by molar-refractivity contribution is -0.678. The quantitative estimate of drug-likeness (QED) is 0.0450. The summed E-state index contributed by atoms with van der Waals surface area (Å²) >= 11 is 0. The summed E-state index contributed by atoms with van der Waals surface area (Å²) in [5.41, 5.74) is 10.1. The van der Waals surface area contributed by atoms with E-state index in [9.17, 15) is 10.1 Å². The first kappa shape index (κ1) is 34.2. The Balaban J connectivity index is 1.39. The van der Waals surface area contributed by atoms with Gasteiger partial charge < -0.3 is 25.8 Å². The number of hydrogen-bond acceptors (Lipinski definition) is 7. The Kier molecular flexibility index (Phi) is 12.3. The maximum absolute atomic E-state index is 11.9. The van der Waals surface area contributed by atoms with Crippen LogP contribution in [0.15, 0.2) is 53.5 Å². The van der Waals surface area contributed by atoms with E-state index in [1.54, 1.807) is 12.1 Å². The fraction of sp³-hybridized carbons (Fsp3) is 0.457. The number of aromatic nitrogens is 3. The minimum atomic E-state index is -0.510. The molecule has 0 saturated carbocycles. The van der Waals surface area contributed by atoms with Crippen molar-refractivity contribution >= 4 is 45.4 Å². The molecule has 5 N–H and O–H groups in total. The highest BCUT2D eigenvalue weighted by Crippen LogP contribution is 2.25. The third-order valence-corrected chi connectivity index (χ3v) is 7.25. The Morgan fingerprint density at radius 3 is 2.74 bits per heavy atom. The standard InChI is InChI=1S/C35H46N8O3/c1-5-6-16-29-42-31-32(27-14-7-8-15-28(27)41-33(31)37)43(29)20-10-9-18-38-34(40-26-13-11-12-25(23-26)24-36)39-19-22-45-21-17-30(44)46-35(2,3)4/h7-8,11-15,23H,5-6,9-10,16-22H2,1-4H3,(H4,37,38,39,40,41)/p+1. The van der Waals surface area contributed by atoms with Crippen molar-refractivity contribution in [2.24, 2.45) is 4.99 Å². The second-order valence-electron chi connectivity index (χ2n) is 12.2. The number of hydrogen-bond donors (Lipinski definition) is 4. The van der Waals surface area contributed by atoms with Crippen LogP contribution in [0.2, 0.25) is 0 Å². The van der Waals surface area contributed by atoms with Crippen LogP contribution in [-0.2, 0) is 27.2 Å². The van der Waals surface area contributed by atoms with Crippen LogP contribution in [0.5, 0.6) is 0 Å². The van der Waals surface area contributed by atoms with Gasteiger partial charge in [-0.15, -0.1) is 0 Å². The Hall–Kier alpha value is -4.69. The predicted molar refractivity (Wildman–Crippen MR) is 182 cm³/mol. The Morgan fingerprint density at radius 1 is 1.13 bits per heavy atom. The summed E-state index contributed by atoms with van der Waals surface area (Å²) in [6, 6.07) is 17.6. The van der Waals surface area contributed by atoms with Gasteiger partial charge in [0, 0.05) is 25.2 Å². The Morgan fingerprint density at radius 2 is 1.96 bits per heavy atom. The van der Waals surface area contributed by atoms with Gasteiger partial charge in [0.05, 0.1) is 48.7 Å². The van der Waals surface area contributed by atoms with Gasteiger partial charge in [-0.1, -0.05) is 31.5 Å². The largest absolute Gasteiger partial charge is 0.460 e. The molecular weight excluding hydrogens is 580 g/mol. The molecule has 2 aromatic heterocycles. The number of nitrogen functional groups attached to an aromatic ring is 1. The van der Waals surface area contributed by atoms with Gasteiger partial charge in [0.25, 0.3) is 5.82 Å². The topological polar surface area (TPSA) is 154 Å². The lowest BCUT2D eigenvalue weighted by Crippen LogP contribution is -2.37. The highest BCUT2D eigenvalue weighted by Gasteiger charge is 2.23. The molecule has 0 saturated heterocycles. The second kappa shape index (κ2) is 16.6. The number of pyridine rings is 1. The molecule has 0 aliphatic heterocycles. The van der Waals surface area contributed by atoms with Crippen molar-refractivity contribution in [2.45, 2.75) is 78.4 Å². The number of nitrogens with two attached hydrogens (primary N) is 1. The third kappa shape index (κ3) is 9.91.